The maximum absolute atomic E-state index is 11.2. The van der Waals surface area contributed by atoms with E-state index in [0.717, 1.165) is 70.7 Å². The maximum Gasteiger partial charge on any atom is 0.331 e. The fourth-order valence-corrected chi connectivity index (χ4v) is 2.04. The lowest BCUT2D eigenvalue weighted by Gasteiger charge is -2.26. The highest BCUT2D eigenvalue weighted by atomic mass is 35.5. The van der Waals surface area contributed by atoms with E-state index in [4.69, 9.17) is 9.47 Å². The molecule has 128 valence electrons. The Morgan fingerprint density at radius 3 is 2.36 bits per heavy atom. The zero-order valence-corrected chi connectivity index (χ0v) is 13.9. The van der Waals surface area contributed by atoms with Crippen molar-refractivity contribution >= 4 is 24.3 Å². The van der Waals surface area contributed by atoms with Gasteiger partial charge in [0.1, 0.15) is 0 Å². The first kappa shape index (κ1) is 20.9. The van der Waals surface area contributed by atoms with Gasteiger partial charge in [0.05, 0.1) is 26.9 Å². The highest BCUT2D eigenvalue weighted by Gasteiger charge is 2.08. The number of ether oxygens (including phenoxy) is 3. The van der Waals surface area contributed by atoms with Gasteiger partial charge >= 0.3 is 11.9 Å². The molecule has 1 fully saturated rings. The summed E-state index contributed by atoms with van der Waals surface area (Å²) in [4.78, 5) is 24.4. The van der Waals surface area contributed by atoms with Crippen LogP contribution in [0.15, 0.2) is 12.2 Å². The van der Waals surface area contributed by atoms with Crippen LogP contribution >= 0.6 is 12.4 Å². The van der Waals surface area contributed by atoms with Crippen molar-refractivity contribution in [2.75, 3.05) is 46.6 Å². The zero-order valence-electron chi connectivity index (χ0n) is 13.1. The average molecular weight is 336 g/mol. The van der Waals surface area contributed by atoms with E-state index in [2.05, 4.69) is 9.64 Å². The van der Waals surface area contributed by atoms with Crippen molar-refractivity contribution < 1.29 is 23.8 Å². The molecule has 0 aromatic heterocycles. The van der Waals surface area contributed by atoms with Crippen molar-refractivity contribution in [3.63, 3.8) is 0 Å². The molecule has 0 atom stereocenters. The SMILES string of the molecule is COC(=O)/C=C/C(=O)OCCCCCCN1CCOCC1.Cl. The largest absolute Gasteiger partial charge is 0.466 e. The molecule has 0 unspecified atom stereocenters. The molecule has 7 heteroatoms. The number of carbonyl (C=O) groups excluding carboxylic acids is 2. The normalized spacial score (nSPS) is 15.3. The number of morpholine rings is 1. The Morgan fingerprint density at radius 2 is 1.68 bits per heavy atom. The number of hydrogen-bond acceptors (Lipinski definition) is 6. The molecule has 0 aliphatic carbocycles. The molecule has 1 saturated heterocycles. The minimum atomic E-state index is -0.560. The van der Waals surface area contributed by atoms with Crippen LogP contribution in [-0.2, 0) is 23.8 Å². The predicted molar refractivity (Wildman–Crippen MR) is 85.1 cm³/mol. The summed E-state index contributed by atoms with van der Waals surface area (Å²) in [5.74, 6) is -1.07. The molecule has 0 radical (unpaired) electrons. The Labute approximate surface area is 138 Å². The first-order chi connectivity index (χ1) is 10.2. The summed E-state index contributed by atoms with van der Waals surface area (Å²) in [7, 11) is 1.26. The van der Waals surface area contributed by atoms with Crippen LogP contribution in [0.2, 0.25) is 0 Å². The minimum absolute atomic E-state index is 0. The minimum Gasteiger partial charge on any atom is -0.466 e. The number of methoxy groups -OCH3 is 1. The Kier molecular flexibility index (Phi) is 12.9. The lowest BCUT2D eigenvalue weighted by atomic mass is 10.2. The summed E-state index contributed by atoms with van der Waals surface area (Å²) in [6, 6.07) is 0. The van der Waals surface area contributed by atoms with Crippen molar-refractivity contribution in [2.45, 2.75) is 25.7 Å². The predicted octanol–water partition coefficient (Wildman–Crippen LogP) is 1.57. The van der Waals surface area contributed by atoms with Gasteiger partial charge in [-0.05, 0) is 19.4 Å². The molecule has 1 aliphatic rings. The second-order valence-electron chi connectivity index (χ2n) is 4.89. The smallest absolute Gasteiger partial charge is 0.331 e. The van der Waals surface area contributed by atoms with Crippen molar-refractivity contribution in [2.24, 2.45) is 0 Å². The molecule has 1 heterocycles. The number of nitrogens with zero attached hydrogens (tertiary/aromatic N) is 1. The molecule has 0 N–H and O–H groups in total. The molecule has 0 spiro atoms. The lowest BCUT2D eigenvalue weighted by molar-refractivity contribution is -0.139. The Morgan fingerprint density at radius 1 is 1.05 bits per heavy atom. The van der Waals surface area contributed by atoms with Crippen molar-refractivity contribution in [1.82, 2.24) is 4.90 Å². The summed E-state index contributed by atoms with van der Waals surface area (Å²) >= 11 is 0. The van der Waals surface area contributed by atoms with E-state index < -0.39 is 11.9 Å². The third-order valence-electron chi connectivity index (χ3n) is 3.27. The summed E-state index contributed by atoms with van der Waals surface area (Å²) in [6.45, 7) is 5.26. The first-order valence-corrected chi connectivity index (χ1v) is 7.45. The van der Waals surface area contributed by atoms with Gasteiger partial charge in [-0.25, -0.2) is 9.59 Å². The van der Waals surface area contributed by atoms with E-state index in [9.17, 15) is 9.59 Å². The molecule has 22 heavy (non-hydrogen) atoms. The van der Waals surface area contributed by atoms with Crippen LogP contribution in [0.1, 0.15) is 25.7 Å². The van der Waals surface area contributed by atoms with Crippen LogP contribution < -0.4 is 0 Å². The molecular weight excluding hydrogens is 310 g/mol. The summed E-state index contributed by atoms with van der Waals surface area (Å²) < 4.78 is 14.6. The van der Waals surface area contributed by atoms with Crippen LogP contribution in [0.3, 0.4) is 0 Å². The number of halogens is 1. The van der Waals surface area contributed by atoms with Gasteiger partial charge in [0.25, 0.3) is 0 Å². The maximum atomic E-state index is 11.2. The lowest BCUT2D eigenvalue weighted by Crippen LogP contribution is -2.36. The van der Waals surface area contributed by atoms with Crippen LogP contribution in [0.5, 0.6) is 0 Å². The van der Waals surface area contributed by atoms with E-state index in [0.29, 0.717) is 6.61 Å². The van der Waals surface area contributed by atoms with E-state index in [-0.39, 0.29) is 12.4 Å². The molecule has 0 bridgehead atoms. The highest BCUT2D eigenvalue weighted by Crippen LogP contribution is 2.04. The van der Waals surface area contributed by atoms with Crippen LogP contribution in [-0.4, -0.2) is 63.4 Å². The Hall–Kier alpha value is -1.11. The van der Waals surface area contributed by atoms with E-state index >= 15 is 0 Å². The quantitative estimate of drug-likeness (QED) is 0.362. The summed E-state index contributed by atoms with van der Waals surface area (Å²) in [6.07, 6.45) is 6.33. The first-order valence-electron chi connectivity index (χ1n) is 7.45. The molecule has 1 rings (SSSR count). The van der Waals surface area contributed by atoms with Crippen LogP contribution in [0.4, 0.5) is 0 Å². The molecular formula is C15H26ClNO5. The van der Waals surface area contributed by atoms with E-state index in [1.54, 1.807) is 0 Å². The number of carbonyl (C=O) groups is 2. The van der Waals surface area contributed by atoms with Gasteiger partial charge in [-0.3, -0.25) is 4.90 Å². The van der Waals surface area contributed by atoms with Gasteiger partial charge in [0.2, 0.25) is 0 Å². The molecule has 0 saturated carbocycles. The Bertz CT molecular complexity index is 343. The monoisotopic (exact) mass is 335 g/mol. The fourth-order valence-electron chi connectivity index (χ4n) is 2.04. The average Bonchev–Trinajstić information content (AvgIpc) is 2.52. The third kappa shape index (κ3) is 10.6. The molecule has 1 aliphatic heterocycles. The topological polar surface area (TPSA) is 65.1 Å². The highest BCUT2D eigenvalue weighted by molar-refractivity contribution is 5.91. The van der Waals surface area contributed by atoms with Gasteiger partial charge in [0, 0.05) is 25.2 Å². The van der Waals surface area contributed by atoms with Gasteiger partial charge < -0.3 is 14.2 Å². The van der Waals surface area contributed by atoms with Crippen molar-refractivity contribution in [3.8, 4) is 0 Å². The van der Waals surface area contributed by atoms with E-state index in [1.165, 1.54) is 7.11 Å². The summed E-state index contributed by atoms with van der Waals surface area (Å²) in [5.41, 5.74) is 0. The second-order valence-corrected chi connectivity index (χ2v) is 4.89. The van der Waals surface area contributed by atoms with Crippen LogP contribution in [0, 0.1) is 0 Å². The number of esters is 2. The van der Waals surface area contributed by atoms with Crippen molar-refractivity contribution in [1.29, 1.82) is 0 Å². The molecule has 0 aromatic rings. The fraction of sp³-hybridized carbons (Fsp3) is 0.733. The van der Waals surface area contributed by atoms with Crippen LogP contribution in [0.25, 0.3) is 0 Å². The summed E-state index contributed by atoms with van der Waals surface area (Å²) in [5, 5.41) is 0. The standard InChI is InChI=1S/C15H25NO5.ClH/c1-19-14(17)6-7-15(18)21-11-5-3-2-4-8-16-9-12-20-13-10-16;/h6-7H,2-5,8-13H2,1H3;1H/b7-6+;. The van der Waals surface area contributed by atoms with Gasteiger partial charge in [-0.1, -0.05) is 12.8 Å². The zero-order chi connectivity index (χ0) is 15.3. The van der Waals surface area contributed by atoms with Gasteiger partial charge in [-0.2, -0.15) is 0 Å². The van der Waals surface area contributed by atoms with Crippen molar-refractivity contribution in [3.05, 3.63) is 12.2 Å². The van der Waals surface area contributed by atoms with Gasteiger partial charge in [0.15, 0.2) is 0 Å². The van der Waals surface area contributed by atoms with Gasteiger partial charge in [-0.15, -0.1) is 12.4 Å². The second kappa shape index (κ2) is 13.5. The molecule has 6 nitrogen and oxygen atoms in total. The molecule has 0 aromatic carbocycles. The van der Waals surface area contributed by atoms with E-state index in [1.807, 2.05) is 0 Å². The number of rotatable bonds is 9. The Balaban J connectivity index is 0.00000441. The number of hydrogen-bond donors (Lipinski definition) is 0. The number of unbranched alkanes of at least 4 members (excludes halogenated alkanes) is 3. The third-order valence-corrected chi connectivity index (χ3v) is 3.27. The molecule has 0 amide bonds.